The first-order chi connectivity index (χ1) is 15.2. The number of allylic oxidation sites excluding steroid dienone is 1. The van der Waals surface area contributed by atoms with Gasteiger partial charge in [0, 0.05) is 30.6 Å². The predicted molar refractivity (Wildman–Crippen MR) is 120 cm³/mol. The van der Waals surface area contributed by atoms with E-state index in [0.29, 0.717) is 18.4 Å². The summed E-state index contributed by atoms with van der Waals surface area (Å²) in [5, 5.41) is 14.5. The number of likely N-dealkylation sites (tertiary alicyclic amines) is 1. The lowest BCUT2D eigenvalue weighted by molar-refractivity contribution is 0.258. The van der Waals surface area contributed by atoms with Crippen molar-refractivity contribution in [1.82, 2.24) is 30.1 Å². The van der Waals surface area contributed by atoms with Crippen molar-refractivity contribution >= 4 is 17.6 Å². The van der Waals surface area contributed by atoms with E-state index in [2.05, 4.69) is 50.0 Å². The molecular weight excluding hydrogens is 410 g/mol. The Morgan fingerprint density at radius 3 is 2.71 bits per heavy atom. The fourth-order valence-corrected chi connectivity index (χ4v) is 4.86. The minimum absolute atomic E-state index is 0.472. The second-order valence-electron chi connectivity index (χ2n) is 8.03. The summed E-state index contributed by atoms with van der Waals surface area (Å²) >= 11 is 1.75. The molecule has 0 aliphatic carbocycles. The van der Waals surface area contributed by atoms with E-state index in [1.807, 2.05) is 24.3 Å². The topological polar surface area (TPSA) is 81.3 Å². The van der Waals surface area contributed by atoms with E-state index in [-0.39, 0.29) is 0 Å². The molecular formula is C22H25N7OS. The second kappa shape index (κ2) is 8.97. The maximum Gasteiger partial charge on any atom is 0.143 e. The molecule has 1 saturated heterocycles. The van der Waals surface area contributed by atoms with E-state index in [9.17, 15) is 0 Å². The SMILES string of the molecule is CC1C=NC(N2CCC(c3nc(COc4ccc(-n5cnnn5)cc4)cs3)CC2)=CC1. The summed E-state index contributed by atoms with van der Waals surface area (Å²) < 4.78 is 7.53. The lowest BCUT2D eigenvalue weighted by atomic mass is 9.97. The van der Waals surface area contributed by atoms with Crippen molar-refractivity contribution in [2.24, 2.45) is 10.9 Å². The lowest BCUT2D eigenvalue weighted by Crippen LogP contribution is -2.32. The zero-order chi connectivity index (χ0) is 21.0. The number of tetrazole rings is 1. The highest BCUT2D eigenvalue weighted by Crippen LogP contribution is 2.32. The number of benzene rings is 1. The lowest BCUT2D eigenvalue weighted by Gasteiger charge is -2.33. The Hall–Kier alpha value is -3.07. The number of nitrogens with zero attached hydrogens (tertiary/aromatic N) is 7. The van der Waals surface area contributed by atoms with Crippen molar-refractivity contribution in [3.05, 3.63) is 58.6 Å². The first-order valence-electron chi connectivity index (χ1n) is 10.6. The average molecular weight is 436 g/mol. The predicted octanol–water partition coefficient (Wildman–Crippen LogP) is 3.83. The monoisotopic (exact) mass is 435 g/mol. The van der Waals surface area contributed by atoms with E-state index in [1.54, 1.807) is 22.3 Å². The quantitative estimate of drug-likeness (QED) is 0.585. The Kier molecular flexibility index (Phi) is 5.75. The highest BCUT2D eigenvalue weighted by atomic mass is 32.1. The van der Waals surface area contributed by atoms with Gasteiger partial charge in [-0.05, 0) is 65.9 Å². The minimum Gasteiger partial charge on any atom is -0.487 e. The highest BCUT2D eigenvalue weighted by molar-refractivity contribution is 7.09. The molecule has 2 aliphatic heterocycles. The summed E-state index contributed by atoms with van der Waals surface area (Å²) in [7, 11) is 0. The first kappa shape index (κ1) is 19.9. The van der Waals surface area contributed by atoms with Crippen LogP contribution < -0.4 is 4.74 Å². The maximum absolute atomic E-state index is 5.92. The van der Waals surface area contributed by atoms with Crippen LogP contribution in [0, 0.1) is 5.92 Å². The number of ether oxygens (including phenoxy) is 1. The second-order valence-corrected chi connectivity index (χ2v) is 8.92. The maximum atomic E-state index is 5.92. The molecule has 3 aromatic rings. The van der Waals surface area contributed by atoms with Crippen LogP contribution in [-0.2, 0) is 6.61 Å². The third kappa shape index (κ3) is 4.66. The molecule has 4 heterocycles. The summed E-state index contributed by atoms with van der Waals surface area (Å²) in [5.41, 5.74) is 1.88. The van der Waals surface area contributed by atoms with E-state index in [1.165, 1.54) is 5.01 Å². The number of thiazole rings is 1. The zero-order valence-corrected chi connectivity index (χ0v) is 18.3. The van der Waals surface area contributed by atoms with Gasteiger partial charge >= 0.3 is 0 Å². The molecule has 1 fully saturated rings. The number of piperidine rings is 1. The van der Waals surface area contributed by atoms with Gasteiger partial charge in [-0.15, -0.1) is 16.4 Å². The van der Waals surface area contributed by atoms with Gasteiger partial charge in [-0.25, -0.2) is 14.7 Å². The van der Waals surface area contributed by atoms with Crippen molar-refractivity contribution in [3.63, 3.8) is 0 Å². The first-order valence-corrected chi connectivity index (χ1v) is 11.5. The minimum atomic E-state index is 0.472. The molecule has 0 radical (unpaired) electrons. The van der Waals surface area contributed by atoms with Gasteiger partial charge < -0.3 is 9.64 Å². The molecule has 5 rings (SSSR count). The summed E-state index contributed by atoms with van der Waals surface area (Å²) in [5.74, 6) is 3.03. The standard InChI is InChI=1S/C22H25N7OS/c1-16-2-7-21(23-12-16)28-10-8-17(9-11-28)22-25-18(14-31-22)13-30-20-5-3-19(4-6-20)29-15-24-26-27-29/h3-7,12,14-17H,2,8-11,13H2,1H3. The third-order valence-corrected chi connectivity index (χ3v) is 6.76. The molecule has 0 bridgehead atoms. The van der Waals surface area contributed by atoms with E-state index in [4.69, 9.17) is 9.72 Å². The molecule has 2 aliphatic rings. The average Bonchev–Trinajstić information content (AvgIpc) is 3.51. The summed E-state index contributed by atoms with van der Waals surface area (Å²) in [4.78, 5) is 11.9. The van der Waals surface area contributed by atoms with E-state index < -0.39 is 0 Å². The smallest absolute Gasteiger partial charge is 0.143 e. The van der Waals surface area contributed by atoms with Crippen molar-refractivity contribution in [2.45, 2.75) is 38.7 Å². The van der Waals surface area contributed by atoms with Crippen molar-refractivity contribution in [2.75, 3.05) is 13.1 Å². The fraction of sp³-hybridized carbons (Fsp3) is 0.409. The Balaban J connectivity index is 1.13. The Labute approximate surface area is 185 Å². The molecule has 1 aromatic carbocycles. The van der Waals surface area contributed by atoms with Crippen molar-refractivity contribution in [3.8, 4) is 11.4 Å². The van der Waals surface area contributed by atoms with Crippen molar-refractivity contribution in [1.29, 1.82) is 0 Å². The van der Waals surface area contributed by atoms with Crippen LogP contribution in [0.3, 0.4) is 0 Å². The van der Waals surface area contributed by atoms with Gasteiger partial charge in [-0.3, -0.25) is 0 Å². The van der Waals surface area contributed by atoms with Crippen LogP contribution >= 0.6 is 11.3 Å². The van der Waals surface area contributed by atoms with Crippen LogP contribution in [0.1, 0.15) is 42.8 Å². The van der Waals surface area contributed by atoms with Crippen LogP contribution in [0.25, 0.3) is 5.69 Å². The van der Waals surface area contributed by atoms with Gasteiger partial charge in [0.2, 0.25) is 0 Å². The molecule has 160 valence electrons. The summed E-state index contributed by atoms with van der Waals surface area (Å²) in [6.45, 7) is 4.76. The van der Waals surface area contributed by atoms with Gasteiger partial charge in [0.15, 0.2) is 0 Å². The molecule has 2 aromatic heterocycles. The highest BCUT2D eigenvalue weighted by Gasteiger charge is 2.24. The normalized spacial score (nSPS) is 19.5. The number of hydrogen-bond acceptors (Lipinski definition) is 8. The molecule has 1 unspecified atom stereocenters. The number of rotatable bonds is 6. The zero-order valence-electron chi connectivity index (χ0n) is 17.5. The molecule has 31 heavy (non-hydrogen) atoms. The Bertz CT molecular complexity index is 1050. The molecule has 0 spiro atoms. The van der Waals surface area contributed by atoms with E-state index in [0.717, 1.165) is 55.3 Å². The fourth-order valence-electron chi connectivity index (χ4n) is 3.88. The molecule has 0 saturated carbocycles. The van der Waals surface area contributed by atoms with Gasteiger partial charge in [-0.2, -0.15) is 0 Å². The number of aromatic nitrogens is 5. The van der Waals surface area contributed by atoms with Crippen LogP contribution in [0.4, 0.5) is 0 Å². The third-order valence-electron chi connectivity index (χ3n) is 5.71. The van der Waals surface area contributed by atoms with Crippen LogP contribution in [0.15, 0.2) is 52.9 Å². The van der Waals surface area contributed by atoms with Gasteiger partial charge in [0.1, 0.15) is 24.5 Å². The molecule has 0 amide bonds. The molecule has 1 atom stereocenters. The summed E-state index contributed by atoms with van der Waals surface area (Å²) in [6.07, 6.45) is 9.25. The summed E-state index contributed by atoms with van der Waals surface area (Å²) in [6, 6.07) is 7.70. The number of hydrogen-bond donors (Lipinski definition) is 0. The van der Waals surface area contributed by atoms with Gasteiger partial charge in [0.25, 0.3) is 0 Å². The molecule has 0 N–H and O–H groups in total. The van der Waals surface area contributed by atoms with Crippen LogP contribution in [-0.4, -0.2) is 49.4 Å². The Morgan fingerprint density at radius 1 is 1.16 bits per heavy atom. The van der Waals surface area contributed by atoms with Gasteiger partial charge in [0.05, 0.1) is 16.4 Å². The molecule has 8 nitrogen and oxygen atoms in total. The Morgan fingerprint density at radius 2 is 2.00 bits per heavy atom. The number of aliphatic imine (C=N–C) groups is 1. The van der Waals surface area contributed by atoms with Gasteiger partial charge in [-0.1, -0.05) is 6.92 Å². The molecule has 9 heteroatoms. The van der Waals surface area contributed by atoms with E-state index >= 15 is 0 Å². The largest absolute Gasteiger partial charge is 0.487 e. The van der Waals surface area contributed by atoms with Crippen LogP contribution in [0.2, 0.25) is 0 Å². The van der Waals surface area contributed by atoms with Crippen LogP contribution in [0.5, 0.6) is 5.75 Å². The van der Waals surface area contributed by atoms with Crippen molar-refractivity contribution < 1.29 is 4.74 Å².